The number of hydrogen-bond donors (Lipinski definition) is 1. The second-order valence-corrected chi connectivity index (χ2v) is 6.53. The maximum atomic E-state index is 13.2. The first kappa shape index (κ1) is 15.8. The molecule has 0 aromatic heterocycles. The summed E-state index contributed by atoms with van der Waals surface area (Å²) < 4.78 is 18.5. The fraction of sp³-hybridized carbons (Fsp3) is 0.562. The normalized spacial score (nSPS) is 17.3. The summed E-state index contributed by atoms with van der Waals surface area (Å²) in [6, 6.07) is 6.83. The van der Waals surface area contributed by atoms with Crippen LogP contribution in [-0.2, 0) is 4.74 Å². The Hall–Kier alpha value is -1.62. The molecule has 0 unspecified atom stereocenters. The molecule has 1 aliphatic rings. The van der Waals surface area contributed by atoms with Crippen LogP contribution in [0.2, 0.25) is 0 Å². The number of halogens is 1. The number of nitrogens with zero attached hydrogens (tertiary/aromatic N) is 1. The molecule has 1 aromatic carbocycles. The number of likely N-dealkylation sites (tertiary alicyclic amines) is 1. The van der Waals surface area contributed by atoms with Crippen LogP contribution in [0.15, 0.2) is 24.3 Å². The van der Waals surface area contributed by atoms with Crippen molar-refractivity contribution in [2.75, 3.05) is 13.1 Å². The van der Waals surface area contributed by atoms with Crippen LogP contribution in [0.5, 0.6) is 0 Å². The van der Waals surface area contributed by atoms with Crippen LogP contribution in [-0.4, -0.2) is 35.7 Å². The summed E-state index contributed by atoms with van der Waals surface area (Å²) in [5.74, 6) is -0.231. The summed E-state index contributed by atoms with van der Waals surface area (Å²) in [5, 5.41) is 3.39. The molecule has 21 heavy (non-hydrogen) atoms. The van der Waals surface area contributed by atoms with Gasteiger partial charge in [0.1, 0.15) is 11.4 Å². The molecule has 1 atom stereocenters. The molecule has 0 spiro atoms. The van der Waals surface area contributed by atoms with Crippen LogP contribution in [0.25, 0.3) is 0 Å². The maximum absolute atomic E-state index is 13.2. The van der Waals surface area contributed by atoms with Crippen LogP contribution < -0.4 is 5.32 Å². The Bertz CT molecular complexity index is 507. The van der Waals surface area contributed by atoms with Crippen molar-refractivity contribution in [3.8, 4) is 0 Å². The quantitative estimate of drug-likeness (QED) is 0.931. The minimum atomic E-state index is -0.468. The van der Waals surface area contributed by atoms with E-state index < -0.39 is 5.60 Å². The van der Waals surface area contributed by atoms with Crippen molar-refractivity contribution in [3.05, 3.63) is 35.6 Å². The van der Waals surface area contributed by atoms with Gasteiger partial charge in [0, 0.05) is 25.2 Å². The molecule has 116 valence electrons. The molecule has 1 fully saturated rings. The average Bonchev–Trinajstić information content (AvgIpc) is 2.30. The smallest absolute Gasteiger partial charge is 0.410 e. The van der Waals surface area contributed by atoms with E-state index in [2.05, 4.69) is 5.32 Å². The first-order valence-corrected chi connectivity index (χ1v) is 7.24. The molecule has 4 nitrogen and oxygen atoms in total. The van der Waals surface area contributed by atoms with E-state index in [4.69, 9.17) is 4.74 Å². The van der Waals surface area contributed by atoms with Gasteiger partial charge in [0.2, 0.25) is 0 Å². The molecular formula is C16H23FN2O2. The van der Waals surface area contributed by atoms with Gasteiger partial charge in [0.05, 0.1) is 0 Å². The number of carbonyl (C=O) groups excluding carboxylic acids is 1. The van der Waals surface area contributed by atoms with E-state index in [0.29, 0.717) is 13.1 Å². The molecule has 0 bridgehead atoms. The van der Waals surface area contributed by atoms with Crippen LogP contribution >= 0.6 is 0 Å². The van der Waals surface area contributed by atoms with Gasteiger partial charge in [-0.3, -0.25) is 0 Å². The Kier molecular flexibility index (Phi) is 4.52. The molecule has 1 N–H and O–H groups in total. The number of rotatable bonds is 3. The first-order chi connectivity index (χ1) is 9.74. The van der Waals surface area contributed by atoms with Crippen molar-refractivity contribution >= 4 is 6.09 Å². The zero-order valence-electron chi connectivity index (χ0n) is 13.0. The molecule has 0 saturated carbocycles. The molecule has 1 aliphatic heterocycles. The van der Waals surface area contributed by atoms with E-state index in [0.717, 1.165) is 5.56 Å². The lowest BCUT2D eigenvalue weighted by Gasteiger charge is -2.41. The Balaban J connectivity index is 1.79. The highest BCUT2D eigenvalue weighted by molar-refractivity contribution is 5.69. The van der Waals surface area contributed by atoms with Gasteiger partial charge in [-0.1, -0.05) is 12.1 Å². The predicted octanol–water partition coefficient (Wildman–Crippen LogP) is 3.10. The third-order valence-electron chi connectivity index (χ3n) is 3.37. The second-order valence-electron chi connectivity index (χ2n) is 6.53. The lowest BCUT2D eigenvalue weighted by Crippen LogP contribution is -2.60. The minimum absolute atomic E-state index is 0.0477. The molecule has 1 saturated heterocycles. The number of benzene rings is 1. The topological polar surface area (TPSA) is 41.6 Å². The first-order valence-electron chi connectivity index (χ1n) is 7.24. The standard InChI is InChI=1S/C16H23FN2O2/c1-11(12-6-5-7-13(17)8-12)18-14-9-19(10-14)15(20)21-16(2,3)4/h5-8,11,14,18H,9-10H2,1-4H3/t11-/m1/s1. The van der Waals surface area contributed by atoms with Crippen LogP contribution in [0.4, 0.5) is 9.18 Å². The summed E-state index contributed by atoms with van der Waals surface area (Å²) in [6.45, 7) is 8.79. The molecular weight excluding hydrogens is 271 g/mol. The maximum Gasteiger partial charge on any atom is 0.410 e. The fourth-order valence-electron chi connectivity index (χ4n) is 2.29. The van der Waals surface area contributed by atoms with Crippen molar-refractivity contribution in [2.45, 2.75) is 45.4 Å². The Morgan fingerprint density at radius 2 is 2.10 bits per heavy atom. The number of carbonyl (C=O) groups is 1. The van der Waals surface area contributed by atoms with E-state index in [1.807, 2.05) is 33.8 Å². The summed E-state index contributed by atoms with van der Waals surface area (Å²) in [4.78, 5) is 13.5. The third kappa shape index (κ3) is 4.43. The van der Waals surface area contributed by atoms with E-state index >= 15 is 0 Å². The summed E-state index contributed by atoms with van der Waals surface area (Å²) in [7, 11) is 0. The van der Waals surface area contributed by atoms with E-state index in [1.165, 1.54) is 12.1 Å². The van der Waals surface area contributed by atoms with Gasteiger partial charge in [-0.05, 0) is 45.4 Å². The van der Waals surface area contributed by atoms with Crippen molar-refractivity contribution in [1.82, 2.24) is 10.2 Å². The second kappa shape index (κ2) is 6.02. The van der Waals surface area contributed by atoms with Crippen LogP contribution in [0.1, 0.15) is 39.3 Å². The monoisotopic (exact) mass is 294 g/mol. The third-order valence-corrected chi connectivity index (χ3v) is 3.37. The van der Waals surface area contributed by atoms with Gasteiger partial charge in [-0.25, -0.2) is 9.18 Å². The Morgan fingerprint density at radius 1 is 1.43 bits per heavy atom. The highest BCUT2D eigenvalue weighted by atomic mass is 19.1. The minimum Gasteiger partial charge on any atom is -0.444 e. The lowest BCUT2D eigenvalue weighted by atomic mass is 10.0. The fourth-order valence-corrected chi connectivity index (χ4v) is 2.29. The van der Waals surface area contributed by atoms with Crippen LogP contribution in [0.3, 0.4) is 0 Å². The van der Waals surface area contributed by atoms with Crippen molar-refractivity contribution < 1.29 is 13.9 Å². The molecule has 2 rings (SSSR count). The number of amides is 1. The summed E-state index contributed by atoms with van der Waals surface area (Å²) in [6.07, 6.45) is -0.279. The Morgan fingerprint density at radius 3 is 2.67 bits per heavy atom. The van der Waals surface area contributed by atoms with Gasteiger partial charge in [-0.15, -0.1) is 0 Å². The van der Waals surface area contributed by atoms with E-state index in [9.17, 15) is 9.18 Å². The van der Waals surface area contributed by atoms with E-state index in [-0.39, 0.29) is 24.0 Å². The molecule has 1 heterocycles. The van der Waals surface area contributed by atoms with Gasteiger partial charge in [-0.2, -0.15) is 0 Å². The zero-order chi connectivity index (χ0) is 15.6. The highest BCUT2D eigenvalue weighted by Crippen LogP contribution is 2.19. The van der Waals surface area contributed by atoms with Gasteiger partial charge >= 0.3 is 6.09 Å². The van der Waals surface area contributed by atoms with Crippen molar-refractivity contribution in [3.63, 3.8) is 0 Å². The average molecular weight is 294 g/mol. The number of hydrogen-bond acceptors (Lipinski definition) is 3. The summed E-state index contributed by atoms with van der Waals surface area (Å²) >= 11 is 0. The zero-order valence-corrected chi connectivity index (χ0v) is 13.0. The largest absolute Gasteiger partial charge is 0.444 e. The van der Waals surface area contributed by atoms with E-state index in [1.54, 1.807) is 11.0 Å². The highest BCUT2D eigenvalue weighted by Gasteiger charge is 2.34. The van der Waals surface area contributed by atoms with Gasteiger partial charge in [0.25, 0.3) is 0 Å². The van der Waals surface area contributed by atoms with Gasteiger partial charge < -0.3 is 15.0 Å². The number of nitrogens with one attached hydrogen (secondary N) is 1. The van der Waals surface area contributed by atoms with Crippen LogP contribution in [0, 0.1) is 5.82 Å². The molecule has 1 aromatic rings. The molecule has 0 aliphatic carbocycles. The summed E-state index contributed by atoms with van der Waals surface area (Å²) in [5.41, 5.74) is 0.440. The van der Waals surface area contributed by atoms with Gasteiger partial charge in [0.15, 0.2) is 0 Å². The molecule has 0 radical (unpaired) electrons. The predicted molar refractivity (Wildman–Crippen MR) is 79.5 cm³/mol. The Labute approximate surface area is 125 Å². The molecule has 5 heteroatoms. The lowest BCUT2D eigenvalue weighted by molar-refractivity contribution is 0.00434. The van der Waals surface area contributed by atoms with Crippen molar-refractivity contribution in [1.29, 1.82) is 0 Å². The number of ether oxygens (including phenoxy) is 1. The molecule has 1 amide bonds. The SMILES string of the molecule is C[C@@H](NC1CN(C(=O)OC(C)(C)C)C1)c1cccc(F)c1. The van der Waals surface area contributed by atoms with Crippen molar-refractivity contribution in [2.24, 2.45) is 0 Å².